The van der Waals surface area contributed by atoms with Crippen molar-refractivity contribution < 1.29 is 13.2 Å². The Morgan fingerprint density at radius 3 is 2.03 bits per heavy atom. The summed E-state index contributed by atoms with van der Waals surface area (Å²) in [6.45, 7) is 13.5. The molecule has 0 atom stereocenters. The van der Waals surface area contributed by atoms with Crippen molar-refractivity contribution in [2.24, 2.45) is 5.10 Å². The third kappa shape index (κ3) is 6.40. The summed E-state index contributed by atoms with van der Waals surface area (Å²) in [5.41, 5.74) is 8.45. The predicted molar refractivity (Wildman–Crippen MR) is 147 cm³/mol. The summed E-state index contributed by atoms with van der Waals surface area (Å²) >= 11 is 0. The summed E-state index contributed by atoms with van der Waals surface area (Å²) in [7, 11) is -3.99. The van der Waals surface area contributed by atoms with E-state index in [1.54, 1.807) is 37.3 Å². The molecule has 0 radical (unpaired) electrons. The minimum absolute atomic E-state index is 0.0400. The van der Waals surface area contributed by atoms with Crippen LogP contribution in [0.25, 0.3) is 0 Å². The zero-order valence-corrected chi connectivity index (χ0v) is 22.9. The van der Waals surface area contributed by atoms with E-state index in [2.05, 4.69) is 31.3 Å². The van der Waals surface area contributed by atoms with E-state index < -0.39 is 22.5 Å². The lowest BCUT2D eigenvalue weighted by molar-refractivity contribution is -0.119. The van der Waals surface area contributed by atoms with Gasteiger partial charge in [-0.05, 0) is 68.0 Å². The zero-order chi connectivity index (χ0) is 26.7. The van der Waals surface area contributed by atoms with Crippen molar-refractivity contribution in [3.8, 4) is 0 Å². The van der Waals surface area contributed by atoms with Gasteiger partial charge in [0.2, 0.25) is 0 Å². The Labute approximate surface area is 215 Å². The van der Waals surface area contributed by atoms with Crippen LogP contribution in [0.15, 0.2) is 76.7 Å². The summed E-state index contributed by atoms with van der Waals surface area (Å²) in [4.78, 5) is 13.1. The zero-order valence-electron chi connectivity index (χ0n) is 22.1. The Hall–Kier alpha value is -3.45. The van der Waals surface area contributed by atoms with Crippen molar-refractivity contribution in [2.75, 3.05) is 10.8 Å². The molecule has 7 heteroatoms. The highest BCUT2D eigenvalue weighted by atomic mass is 32.2. The van der Waals surface area contributed by atoms with E-state index in [1.165, 1.54) is 5.56 Å². The van der Waals surface area contributed by atoms with Crippen molar-refractivity contribution >= 4 is 27.3 Å². The fraction of sp³-hybridized carbons (Fsp3) is 0.310. The summed E-state index contributed by atoms with van der Waals surface area (Å²) in [6.07, 6.45) is 0. The van der Waals surface area contributed by atoms with Gasteiger partial charge in [0, 0.05) is 0 Å². The molecule has 190 valence electrons. The lowest BCUT2D eigenvalue weighted by Crippen LogP contribution is -2.40. The van der Waals surface area contributed by atoms with Crippen LogP contribution in [0.4, 0.5) is 5.69 Å². The number of hydrazone groups is 1. The van der Waals surface area contributed by atoms with Gasteiger partial charge in [0.05, 0.1) is 16.3 Å². The molecular weight excluding hydrogens is 470 g/mol. The second kappa shape index (κ2) is 10.7. The van der Waals surface area contributed by atoms with E-state index in [4.69, 9.17) is 0 Å². The molecule has 0 heterocycles. The van der Waals surface area contributed by atoms with Crippen LogP contribution in [0, 0.1) is 20.8 Å². The maximum absolute atomic E-state index is 13.6. The molecule has 0 bridgehead atoms. The lowest BCUT2D eigenvalue weighted by atomic mass is 9.86. The van der Waals surface area contributed by atoms with E-state index in [0.29, 0.717) is 11.4 Å². The number of rotatable bonds is 7. The van der Waals surface area contributed by atoms with Gasteiger partial charge in [-0.2, -0.15) is 5.10 Å². The number of carbonyl (C=O) groups is 1. The number of amides is 1. The summed E-state index contributed by atoms with van der Waals surface area (Å²) in [6, 6.07) is 20.1. The molecule has 36 heavy (non-hydrogen) atoms. The van der Waals surface area contributed by atoms with Crippen LogP contribution < -0.4 is 9.73 Å². The first-order valence-corrected chi connectivity index (χ1v) is 13.3. The summed E-state index contributed by atoms with van der Waals surface area (Å²) in [5.74, 6) is -0.531. The Morgan fingerprint density at radius 2 is 1.47 bits per heavy atom. The first-order valence-electron chi connectivity index (χ1n) is 11.9. The number of nitrogens with one attached hydrogen (secondary N) is 1. The van der Waals surface area contributed by atoms with Gasteiger partial charge >= 0.3 is 0 Å². The monoisotopic (exact) mass is 505 g/mol. The molecule has 1 N–H and O–H groups in total. The molecule has 0 unspecified atom stereocenters. The standard InChI is InChI=1S/C29H35N3O3S/c1-20-8-15-26(16-9-20)36(34,35)32(27-17-10-21(2)18-22(27)3)19-28(33)31-30-23(4)24-11-13-25(14-12-24)29(5,6)7/h8-18H,19H2,1-7H3,(H,31,33)/b30-23-. The number of carbonyl (C=O) groups excluding carboxylic acids is 1. The molecule has 0 aromatic heterocycles. The fourth-order valence-electron chi connectivity index (χ4n) is 3.81. The Balaban J connectivity index is 1.87. The molecule has 0 saturated heterocycles. The van der Waals surface area contributed by atoms with Gasteiger partial charge in [0.25, 0.3) is 15.9 Å². The van der Waals surface area contributed by atoms with E-state index >= 15 is 0 Å². The molecule has 0 spiro atoms. The molecule has 3 rings (SSSR count). The van der Waals surface area contributed by atoms with Crippen molar-refractivity contribution in [3.63, 3.8) is 0 Å². The van der Waals surface area contributed by atoms with Crippen molar-refractivity contribution in [2.45, 2.75) is 58.8 Å². The van der Waals surface area contributed by atoms with Gasteiger partial charge in [-0.3, -0.25) is 9.10 Å². The highest BCUT2D eigenvalue weighted by Gasteiger charge is 2.28. The molecule has 0 fully saturated rings. The average Bonchev–Trinajstić information content (AvgIpc) is 2.81. The van der Waals surface area contributed by atoms with Crippen molar-refractivity contribution in [3.05, 3.63) is 94.5 Å². The maximum Gasteiger partial charge on any atom is 0.264 e. The second-order valence-corrected chi connectivity index (χ2v) is 12.0. The third-order valence-corrected chi connectivity index (χ3v) is 7.81. The number of benzene rings is 3. The molecule has 3 aromatic carbocycles. The van der Waals surface area contributed by atoms with Crippen LogP contribution in [-0.2, 0) is 20.2 Å². The smallest absolute Gasteiger partial charge is 0.264 e. The van der Waals surface area contributed by atoms with Gasteiger partial charge in [-0.1, -0.05) is 80.4 Å². The normalized spacial score (nSPS) is 12.4. The topological polar surface area (TPSA) is 78.8 Å². The highest BCUT2D eigenvalue weighted by Crippen LogP contribution is 2.28. The molecule has 0 aliphatic heterocycles. The van der Waals surface area contributed by atoms with Gasteiger partial charge in [0.1, 0.15) is 6.54 Å². The molecule has 0 saturated carbocycles. The van der Waals surface area contributed by atoms with Crippen molar-refractivity contribution in [1.82, 2.24) is 5.43 Å². The van der Waals surface area contributed by atoms with Crippen LogP contribution in [0.5, 0.6) is 0 Å². The number of nitrogens with zero attached hydrogens (tertiary/aromatic N) is 2. The average molecular weight is 506 g/mol. The van der Waals surface area contributed by atoms with Crippen LogP contribution in [0.2, 0.25) is 0 Å². The summed E-state index contributed by atoms with van der Waals surface area (Å²) in [5, 5.41) is 4.23. The van der Waals surface area contributed by atoms with E-state index in [-0.39, 0.29) is 10.3 Å². The van der Waals surface area contributed by atoms with Crippen LogP contribution in [0.3, 0.4) is 0 Å². The summed E-state index contributed by atoms with van der Waals surface area (Å²) < 4.78 is 28.3. The molecule has 0 aliphatic rings. The number of aryl methyl sites for hydroxylation is 3. The Morgan fingerprint density at radius 1 is 0.889 bits per heavy atom. The minimum atomic E-state index is -3.99. The van der Waals surface area contributed by atoms with Gasteiger partial charge in [-0.15, -0.1) is 0 Å². The first kappa shape index (κ1) is 27.1. The third-order valence-electron chi connectivity index (χ3n) is 6.03. The molecular formula is C29H35N3O3S. The van der Waals surface area contributed by atoms with E-state index in [0.717, 1.165) is 26.6 Å². The molecule has 0 aliphatic carbocycles. The van der Waals surface area contributed by atoms with Gasteiger partial charge < -0.3 is 0 Å². The van der Waals surface area contributed by atoms with Crippen LogP contribution in [0.1, 0.15) is 55.5 Å². The SMILES string of the molecule is C/C(=N/NC(=O)CN(c1ccc(C)cc1C)S(=O)(=O)c1ccc(C)cc1)c1ccc(C(C)(C)C)cc1. The Bertz CT molecular complexity index is 1370. The fourth-order valence-corrected chi connectivity index (χ4v) is 5.30. The number of hydrogen-bond acceptors (Lipinski definition) is 4. The number of sulfonamides is 1. The molecule has 6 nitrogen and oxygen atoms in total. The van der Waals surface area contributed by atoms with Gasteiger partial charge in [0.15, 0.2) is 0 Å². The van der Waals surface area contributed by atoms with Crippen molar-refractivity contribution in [1.29, 1.82) is 0 Å². The minimum Gasteiger partial charge on any atom is -0.271 e. The van der Waals surface area contributed by atoms with Crippen LogP contribution in [-0.4, -0.2) is 26.6 Å². The molecule has 1 amide bonds. The highest BCUT2D eigenvalue weighted by molar-refractivity contribution is 7.92. The molecule has 3 aromatic rings. The van der Waals surface area contributed by atoms with Gasteiger partial charge in [-0.25, -0.2) is 13.8 Å². The number of hydrogen-bond donors (Lipinski definition) is 1. The predicted octanol–water partition coefficient (Wildman–Crippen LogP) is 5.65. The van der Waals surface area contributed by atoms with E-state index in [1.807, 2.05) is 57.2 Å². The number of anilines is 1. The van der Waals surface area contributed by atoms with E-state index in [9.17, 15) is 13.2 Å². The quantitative estimate of drug-likeness (QED) is 0.333. The maximum atomic E-state index is 13.6. The second-order valence-electron chi connectivity index (χ2n) is 10.2. The Kier molecular flexibility index (Phi) is 8.04. The van der Waals surface area contributed by atoms with Crippen LogP contribution >= 0.6 is 0 Å². The first-order chi connectivity index (χ1) is 16.8. The largest absolute Gasteiger partial charge is 0.271 e. The lowest BCUT2D eigenvalue weighted by Gasteiger charge is -2.25.